The molecule has 4 rings (SSSR count). The van der Waals surface area contributed by atoms with Crippen molar-refractivity contribution in [2.75, 3.05) is 23.3 Å². The zero-order valence-corrected chi connectivity index (χ0v) is 18.4. The monoisotopic (exact) mass is 427 g/mol. The Kier molecular flexibility index (Phi) is 6.85. The normalized spacial score (nSPS) is 14.1. The van der Waals surface area contributed by atoms with Crippen LogP contribution in [-0.2, 0) is 11.3 Å². The van der Waals surface area contributed by atoms with Crippen LogP contribution in [-0.4, -0.2) is 24.9 Å². The molecule has 0 spiro atoms. The number of benzene rings is 3. The summed E-state index contributed by atoms with van der Waals surface area (Å²) in [6.07, 6.45) is 1.59. The van der Waals surface area contributed by atoms with Crippen LogP contribution in [0, 0.1) is 12.8 Å². The fourth-order valence-corrected chi connectivity index (χ4v) is 4.05. The van der Waals surface area contributed by atoms with Crippen molar-refractivity contribution in [1.29, 1.82) is 0 Å². The molecule has 1 aliphatic heterocycles. The summed E-state index contributed by atoms with van der Waals surface area (Å²) >= 11 is 0. The van der Waals surface area contributed by atoms with Crippen molar-refractivity contribution in [3.63, 3.8) is 0 Å². The minimum atomic E-state index is -0.194. The summed E-state index contributed by atoms with van der Waals surface area (Å²) in [5, 5.41) is 5.96. The van der Waals surface area contributed by atoms with Crippen LogP contribution >= 0.6 is 0 Å². The molecule has 3 aromatic carbocycles. The van der Waals surface area contributed by atoms with Gasteiger partial charge < -0.3 is 15.5 Å². The van der Waals surface area contributed by atoms with Crippen LogP contribution in [0.1, 0.15) is 34.3 Å². The number of anilines is 2. The maximum Gasteiger partial charge on any atom is 0.253 e. The Balaban J connectivity index is 1.35. The molecule has 0 atom stereocenters. The zero-order chi connectivity index (χ0) is 22.3. The SMILES string of the molecule is Cc1ccc(CNC(=O)c2ccccc2NC(=O)C2CCN(c3ccccc3)CC2)cc1. The number of nitrogens with one attached hydrogen (secondary N) is 2. The maximum absolute atomic E-state index is 12.9. The van der Waals surface area contributed by atoms with Gasteiger partial charge in [-0.2, -0.15) is 0 Å². The Hall–Kier alpha value is -3.60. The van der Waals surface area contributed by atoms with Crippen LogP contribution in [0.3, 0.4) is 0 Å². The van der Waals surface area contributed by atoms with E-state index >= 15 is 0 Å². The van der Waals surface area contributed by atoms with Gasteiger partial charge in [0.05, 0.1) is 11.3 Å². The molecular formula is C27H29N3O2. The summed E-state index contributed by atoms with van der Waals surface area (Å²) in [6.45, 7) is 4.17. The smallest absolute Gasteiger partial charge is 0.253 e. The fourth-order valence-electron chi connectivity index (χ4n) is 4.05. The van der Waals surface area contributed by atoms with E-state index < -0.39 is 0 Å². The lowest BCUT2D eigenvalue weighted by atomic mass is 9.95. The van der Waals surface area contributed by atoms with Crippen molar-refractivity contribution in [3.05, 3.63) is 95.6 Å². The predicted molar refractivity (Wildman–Crippen MR) is 129 cm³/mol. The van der Waals surface area contributed by atoms with Gasteiger partial charge in [-0.1, -0.05) is 60.2 Å². The van der Waals surface area contributed by atoms with Gasteiger partial charge in [-0.25, -0.2) is 0 Å². The molecule has 0 bridgehead atoms. The lowest BCUT2D eigenvalue weighted by molar-refractivity contribution is -0.120. The standard InChI is InChI=1S/C27H29N3O2/c1-20-11-13-21(14-12-20)19-28-27(32)24-9-5-6-10-25(24)29-26(31)22-15-17-30(18-16-22)23-7-3-2-4-8-23/h2-14,22H,15-19H2,1H3,(H,28,32)(H,29,31). The van der Waals surface area contributed by atoms with Gasteiger partial charge in [0, 0.05) is 31.2 Å². The van der Waals surface area contributed by atoms with E-state index in [9.17, 15) is 9.59 Å². The van der Waals surface area contributed by atoms with E-state index in [2.05, 4.69) is 27.7 Å². The first-order chi connectivity index (χ1) is 15.6. The molecule has 2 N–H and O–H groups in total. The highest BCUT2D eigenvalue weighted by molar-refractivity contribution is 6.04. The first-order valence-corrected chi connectivity index (χ1v) is 11.1. The molecule has 0 saturated carbocycles. The zero-order valence-electron chi connectivity index (χ0n) is 18.4. The molecule has 0 aliphatic carbocycles. The minimum absolute atomic E-state index is 0.0171. The number of hydrogen-bond donors (Lipinski definition) is 2. The van der Waals surface area contributed by atoms with Gasteiger partial charge in [-0.3, -0.25) is 9.59 Å². The van der Waals surface area contributed by atoms with Gasteiger partial charge in [-0.15, -0.1) is 0 Å². The lowest BCUT2D eigenvalue weighted by Crippen LogP contribution is -2.38. The fraction of sp³-hybridized carbons (Fsp3) is 0.259. The summed E-state index contributed by atoms with van der Waals surface area (Å²) in [7, 11) is 0. The average Bonchev–Trinajstić information content (AvgIpc) is 2.84. The molecule has 1 heterocycles. The lowest BCUT2D eigenvalue weighted by Gasteiger charge is -2.33. The van der Waals surface area contributed by atoms with Gasteiger partial charge in [-0.05, 0) is 49.6 Å². The van der Waals surface area contributed by atoms with E-state index in [4.69, 9.17) is 0 Å². The first kappa shape index (κ1) is 21.6. The van der Waals surface area contributed by atoms with Crippen molar-refractivity contribution in [1.82, 2.24) is 5.32 Å². The summed E-state index contributed by atoms with van der Waals surface area (Å²) in [5.41, 5.74) is 4.46. The molecule has 32 heavy (non-hydrogen) atoms. The van der Waals surface area contributed by atoms with Crippen LogP contribution in [0.5, 0.6) is 0 Å². The molecule has 3 aromatic rings. The third-order valence-corrected chi connectivity index (χ3v) is 5.99. The van der Waals surface area contributed by atoms with E-state index in [0.717, 1.165) is 31.5 Å². The number of amides is 2. The second-order valence-corrected chi connectivity index (χ2v) is 8.30. The van der Waals surface area contributed by atoms with Crippen molar-refractivity contribution < 1.29 is 9.59 Å². The Morgan fingerprint density at radius 1 is 0.875 bits per heavy atom. The first-order valence-electron chi connectivity index (χ1n) is 11.1. The minimum Gasteiger partial charge on any atom is -0.371 e. The van der Waals surface area contributed by atoms with Crippen molar-refractivity contribution in [3.8, 4) is 0 Å². The highest BCUT2D eigenvalue weighted by atomic mass is 16.2. The van der Waals surface area contributed by atoms with Crippen LogP contribution < -0.4 is 15.5 Å². The Bertz CT molecular complexity index is 1060. The van der Waals surface area contributed by atoms with Gasteiger partial charge in [0.25, 0.3) is 5.91 Å². The molecule has 164 valence electrons. The number of hydrogen-bond acceptors (Lipinski definition) is 3. The number of aryl methyl sites for hydroxylation is 1. The average molecular weight is 428 g/mol. The highest BCUT2D eigenvalue weighted by Gasteiger charge is 2.26. The molecule has 1 saturated heterocycles. The van der Waals surface area contributed by atoms with E-state index in [-0.39, 0.29) is 17.7 Å². The van der Waals surface area contributed by atoms with E-state index in [0.29, 0.717) is 17.8 Å². The van der Waals surface area contributed by atoms with E-state index in [1.165, 1.54) is 11.3 Å². The second-order valence-electron chi connectivity index (χ2n) is 8.30. The van der Waals surface area contributed by atoms with Crippen LogP contribution in [0.2, 0.25) is 0 Å². The van der Waals surface area contributed by atoms with Crippen molar-refractivity contribution in [2.24, 2.45) is 5.92 Å². The van der Waals surface area contributed by atoms with Gasteiger partial charge in [0.1, 0.15) is 0 Å². The van der Waals surface area contributed by atoms with Gasteiger partial charge in [0.15, 0.2) is 0 Å². The molecule has 0 aromatic heterocycles. The molecule has 0 unspecified atom stereocenters. The van der Waals surface area contributed by atoms with Gasteiger partial charge >= 0.3 is 0 Å². The highest BCUT2D eigenvalue weighted by Crippen LogP contribution is 2.25. The number of carbonyl (C=O) groups excluding carboxylic acids is 2. The topological polar surface area (TPSA) is 61.4 Å². The van der Waals surface area contributed by atoms with E-state index in [1.54, 1.807) is 12.1 Å². The second kappa shape index (κ2) is 10.1. The van der Waals surface area contributed by atoms with Gasteiger partial charge in [0.2, 0.25) is 5.91 Å². The quantitative estimate of drug-likeness (QED) is 0.595. The summed E-state index contributed by atoms with van der Waals surface area (Å²) in [6, 6.07) is 25.5. The number of carbonyl (C=O) groups is 2. The molecule has 1 aliphatic rings. The Morgan fingerprint density at radius 3 is 2.25 bits per heavy atom. The van der Waals surface area contributed by atoms with E-state index in [1.807, 2.05) is 61.5 Å². The third-order valence-electron chi connectivity index (χ3n) is 5.99. The van der Waals surface area contributed by atoms with Crippen molar-refractivity contribution >= 4 is 23.2 Å². The summed E-state index contributed by atoms with van der Waals surface area (Å²) in [4.78, 5) is 28.0. The number of para-hydroxylation sites is 2. The number of nitrogens with zero attached hydrogens (tertiary/aromatic N) is 1. The van der Waals surface area contributed by atoms with Crippen LogP contribution in [0.15, 0.2) is 78.9 Å². The Morgan fingerprint density at radius 2 is 1.53 bits per heavy atom. The number of piperidine rings is 1. The molecule has 5 heteroatoms. The largest absolute Gasteiger partial charge is 0.371 e. The predicted octanol–water partition coefficient (Wildman–Crippen LogP) is 4.78. The summed E-state index contributed by atoms with van der Waals surface area (Å²) < 4.78 is 0. The molecule has 5 nitrogen and oxygen atoms in total. The molecule has 1 fully saturated rings. The molecule has 2 amide bonds. The van der Waals surface area contributed by atoms with Crippen molar-refractivity contribution in [2.45, 2.75) is 26.3 Å². The third kappa shape index (κ3) is 5.35. The summed E-state index contributed by atoms with van der Waals surface area (Å²) in [5.74, 6) is -0.268. The maximum atomic E-state index is 12.9. The number of rotatable bonds is 6. The Labute approximate surface area is 189 Å². The molecule has 0 radical (unpaired) electrons. The van der Waals surface area contributed by atoms with Crippen LogP contribution in [0.25, 0.3) is 0 Å². The van der Waals surface area contributed by atoms with Crippen LogP contribution in [0.4, 0.5) is 11.4 Å². The molecular weight excluding hydrogens is 398 g/mol.